The SMILES string of the molecule is Cc1cc2[nH]c(C(=O)N(Cc3ccc(-c4c(F)cccc4F)cn3)CC3CC3)cc2nc1N. The summed E-state index contributed by atoms with van der Waals surface area (Å²) in [6, 6.07) is 10.7. The fraction of sp³-hybridized carbons (Fsp3) is 0.240. The predicted octanol–water partition coefficient (Wildman–Crippen LogP) is 4.85. The molecular weight excluding hydrogens is 424 g/mol. The second-order valence-corrected chi connectivity index (χ2v) is 8.57. The topological polar surface area (TPSA) is 87.9 Å². The second kappa shape index (κ2) is 8.27. The monoisotopic (exact) mass is 447 g/mol. The molecule has 3 aromatic heterocycles. The largest absolute Gasteiger partial charge is 0.383 e. The maximum atomic E-state index is 14.1. The van der Waals surface area contributed by atoms with Crippen molar-refractivity contribution in [2.45, 2.75) is 26.3 Å². The Kier molecular flexibility index (Phi) is 5.28. The van der Waals surface area contributed by atoms with E-state index < -0.39 is 11.6 Å². The smallest absolute Gasteiger partial charge is 0.270 e. The molecule has 1 fully saturated rings. The Bertz CT molecular complexity index is 1290. The minimum atomic E-state index is -0.640. The number of nitrogens with two attached hydrogens (primary N) is 1. The summed E-state index contributed by atoms with van der Waals surface area (Å²) in [5, 5.41) is 0. The lowest BCUT2D eigenvalue weighted by molar-refractivity contribution is 0.0728. The molecule has 1 saturated carbocycles. The number of H-pyrrole nitrogens is 1. The van der Waals surface area contributed by atoms with Crippen molar-refractivity contribution in [3.8, 4) is 11.1 Å². The number of benzene rings is 1. The maximum Gasteiger partial charge on any atom is 0.270 e. The zero-order valence-corrected chi connectivity index (χ0v) is 18.1. The molecule has 1 aromatic carbocycles. The third-order valence-corrected chi connectivity index (χ3v) is 5.95. The molecule has 1 aliphatic carbocycles. The standard InChI is InChI=1S/C25H23F2N5O/c1-14-9-20-21(31-24(14)28)10-22(30-20)25(33)32(12-15-5-6-15)13-17-8-7-16(11-29-17)23-18(26)3-2-4-19(23)27/h2-4,7-11,15,30H,5-6,12-13H2,1H3,(H2,28,31). The zero-order valence-electron chi connectivity index (χ0n) is 18.1. The molecule has 1 aliphatic rings. The van der Waals surface area contributed by atoms with Gasteiger partial charge in [0.2, 0.25) is 0 Å². The van der Waals surface area contributed by atoms with Crippen LogP contribution in [0, 0.1) is 24.5 Å². The number of rotatable bonds is 6. The van der Waals surface area contributed by atoms with Crippen LogP contribution in [0.5, 0.6) is 0 Å². The van der Waals surface area contributed by atoms with E-state index in [9.17, 15) is 13.6 Å². The Balaban J connectivity index is 1.40. The summed E-state index contributed by atoms with van der Waals surface area (Å²) in [6.45, 7) is 2.78. The predicted molar refractivity (Wildman–Crippen MR) is 122 cm³/mol. The number of aryl methyl sites for hydroxylation is 1. The van der Waals surface area contributed by atoms with Crippen LogP contribution in [0.2, 0.25) is 0 Å². The van der Waals surface area contributed by atoms with Crippen molar-refractivity contribution in [2.24, 2.45) is 5.92 Å². The number of carbonyl (C=O) groups is 1. The van der Waals surface area contributed by atoms with Crippen LogP contribution < -0.4 is 5.73 Å². The van der Waals surface area contributed by atoms with Crippen molar-refractivity contribution in [2.75, 3.05) is 12.3 Å². The van der Waals surface area contributed by atoms with Gasteiger partial charge in [-0.1, -0.05) is 12.1 Å². The lowest BCUT2D eigenvalue weighted by atomic mass is 10.1. The Morgan fingerprint density at radius 1 is 1.18 bits per heavy atom. The fourth-order valence-corrected chi connectivity index (χ4v) is 3.92. The molecule has 1 amide bonds. The van der Waals surface area contributed by atoms with Gasteiger partial charge in [-0.15, -0.1) is 0 Å². The van der Waals surface area contributed by atoms with Crippen LogP contribution in [0.1, 0.15) is 34.6 Å². The van der Waals surface area contributed by atoms with Crippen molar-refractivity contribution in [3.63, 3.8) is 0 Å². The number of aromatic nitrogens is 3. The summed E-state index contributed by atoms with van der Waals surface area (Å²) in [5.74, 6) is -0.522. The first-order valence-electron chi connectivity index (χ1n) is 10.8. The fourth-order valence-electron chi connectivity index (χ4n) is 3.92. The summed E-state index contributed by atoms with van der Waals surface area (Å²) in [6.07, 6.45) is 3.62. The van der Waals surface area contributed by atoms with Gasteiger partial charge in [-0.2, -0.15) is 0 Å². The average molecular weight is 447 g/mol. The molecule has 5 rings (SSSR count). The van der Waals surface area contributed by atoms with Crippen LogP contribution in [-0.4, -0.2) is 32.3 Å². The number of fused-ring (bicyclic) bond motifs is 1. The van der Waals surface area contributed by atoms with Gasteiger partial charge in [0.05, 0.1) is 28.8 Å². The second-order valence-electron chi connectivity index (χ2n) is 8.57. The Morgan fingerprint density at radius 2 is 1.94 bits per heavy atom. The summed E-state index contributed by atoms with van der Waals surface area (Å²) in [4.78, 5) is 27.0. The lowest BCUT2D eigenvalue weighted by Crippen LogP contribution is -2.33. The third kappa shape index (κ3) is 4.28. The summed E-state index contributed by atoms with van der Waals surface area (Å²) < 4.78 is 28.2. The van der Waals surface area contributed by atoms with E-state index in [4.69, 9.17) is 5.73 Å². The van der Waals surface area contributed by atoms with Gasteiger partial charge < -0.3 is 15.6 Å². The molecule has 8 heteroatoms. The molecular formula is C25H23F2N5O. The van der Waals surface area contributed by atoms with Gasteiger partial charge in [-0.25, -0.2) is 13.8 Å². The molecule has 0 aliphatic heterocycles. The summed E-state index contributed by atoms with van der Waals surface area (Å²) in [7, 11) is 0. The van der Waals surface area contributed by atoms with Gasteiger partial charge in [0, 0.05) is 18.3 Å². The number of aromatic amines is 1. The molecule has 3 N–H and O–H groups in total. The van der Waals surface area contributed by atoms with Crippen LogP contribution in [0.15, 0.2) is 48.7 Å². The lowest BCUT2D eigenvalue weighted by Gasteiger charge is -2.22. The van der Waals surface area contributed by atoms with E-state index in [-0.39, 0.29) is 11.5 Å². The van der Waals surface area contributed by atoms with E-state index in [1.54, 1.807) is 23.1 Å². The van der Waals surface area contributed by atoms with E-state index in [0.717, 1.165) is 23.9 Å². The normalized spacial score (nSPS) is 13.4. The number of halogens is 2. The molecule has 0 unspecified atom stereocenters. The number of pyridine rings is 2. The van der Waals surface area contributed by atoms with Crippen LogP contribution in [0.25, 0.3) is 22.2 Å². The zero-order chi connectivity index (χ0) is 23.1. The Hall–Kier alpha value is -3.81. The maximum absolute atomic E-state index is 14.1. The highest BCUT2D eigenvalue weighted by Gasteiger charge is 2.28. The highest BCUT2D eigenvalue weighted by molar-refractivity contribution is 5.97. The molecule has 0 spiro atoms. The number of nitrogens with zero attached hydrogens (tertiary/aromatic N) is 3. The molecule has 6 nitrogen and oxygen atoms in total. The van der Waals surface area contributed by atoms with Gasteiger partial charge in [0.25, 0.3) is 5.91 Å². The van der Waals surface area contributed by atoms with Crippen molar-refractivity contribution >= 4 is 22.8 Å². The number of hydrogen-bond donors (Lipinski definition) is 2. The van der Waals surface area contributed by atoms with Crippen LogP contribution in [-0.2, 0) is 6.54 Å². The molecule has 3 heterocycles. The van der Waals surface area contributed by atoms with Crippen LogP contribution in [0.3, 0.4) is 0 Å². The van der Waals surface area contributed by atoms with Gasteiger partial charge in [-0.3, -0.25) is 9.78 Å². The average Bonchev–Trinajstić information content (AvgIpc) is 3.52. The number of carbonyl (C=O) groups excluding carboxylic acids is 1. The number of nitrogen functional groups attached to an aromatic ring is 1. The van der Waals surface area contributed by atoms with E-state index >= 15 is 0 Å². The quantitative estimate of drug-likeness (QED) is 0.442. The number of anilines is 1. The minimum Gasteiger partial charge on any atom is -0.383 e. The van der Waals surface area contributed by atoms with E-state index in [2.05, 4.69) is 15.0 Å². The van der Waals surface area contributed by atoms with Crippen LogP contribution in [0.4, 0.5) is 14.6 Å². The van der Waals surface area contributed by atoms with E-state index in [1.807, 2.05) is 13.0 Å². The van der Waals surface area contributed by atoms with Gasteiger partial charge in [0.15, 0.2) is 0 Å². The number of amides is 1. The van der Waals surface area contributed by atoms with Crippen molar-refractivity contribution in [1.82, 2.24) is 19.9 Å². The molecule has 33 heavy (non-hydrogen) atoms. The summed E-state index contributed by atoms with van der Waals surface area (Å²) in [5.41, 5.74) is 9.46. The van der Waals surface area contributed by atoms with Crippen molar-refractivity contribution in [1.29, 1.82) is 0 Å². The summed E-state index contributed by atoms with van der Waals surface area (Å²) >= 11 is 0. The van der Waals surface area contributed by atoms with Gasteiger partial charge in [0.1, 0.15) is 23.1 Å². The Morgan fingerprint density at radius 3 is 2.61 bits per heavy atom. The number of nitrogens with one attached hydrogen (secondary N) is 1. The van der Waals surface area contributed by atoms with Crippen molar-refractivity contribution < 1.29 is 13.6 Å². The highest BCUT2D eigenvalue weighted by atomic mass is 19.1. The molecule has 0 atom stereocenters. The first kappa shape index (κ1) is 21.1. The van der Waals surface area contributed by atoms with E-state index in [1.165, 1.54) is 24.4 Å². The van der Waals surface area contributed by atoms with Gasteiger partial charge >= 0.3 is 0 Å². The third-order valence-electron chi connectivity index (χ3n) is 5.95. The van der Waals surface area contributed by atoms with Crippen LogP contribution >= 0.6 is 0 Å². The Labute approximate surface area is 189 Å². The first-order chi connectivity index (χ1) is 15.9. The molecule has 0 radical (unpaired) electrons. The molecule has 4 aromatic rings. The van der Waals surface area contributed by atoms with Gasteiger partial charge in [-0.05, 0) is 61.6 Å². The molecule has 0 bridgehead atoms. The molecule has 168 valence electrons. The van der Waals surface area contributed by atoms with Crippen molar-refractivity contribution in [3.05, 3.63) is 77.2 Å². The minimum absolute atomic E-state index is 0.109. The first-order valence-corrected chi connectivity index (χ1v) is 10.8. The highest BCUT2D eigenvalue weighted by Crippen LogP contribution is 2.31. The molecule has 0 saturated heterocycles. The van der Waals surface area contributed by atoms with E-state index in [0.29, 0.717) is 47.3 Å². The number of hydrogen-bond acceptors (Lipinski definition) is 4.